The Labute approximate surface area is 89.5 Å². The molecular formula is C9H9IO3. The van der Waals surface area contributed by atoms with Crippen LogP contribution in [0.2, 0.25) is 0 Å². The van der Waals surface area contributed by atoms with Gasteiger partial charge in [-0.25, -0.2) is 0 Å². The molecule has 2 N–H and O–H groups in total. The minimum absolute atomic E-state index is 0.0433. The highest BCUT2D eigenvalue weighted by molar-refractivity contribution is 14.1. The van der Waals surface area contributed by atoms with Gasteiger partial charge in [0.1, 0.15) is 21.4 Å². The zero-order valence-electron chi connectivity index (χ0n) is 6.83. The topological polar surface area (TPSA) is 49.7 Å². The fraction of sp³-hybridized carbons (Fsp3) is 0.333. The smallest absolute Gasteiger partial charge is 0.149 e. The van der Waals surface area contributed by atoms with E-state index in [0.29, 0.717) is 5.75 Å². The van der Waals surface area contributed by atoms with Gasteiger partial charge in [0, 0.05) is 17.7 Å². The Morgan fingerprint density at radius 1 is 1.38 bits per heavy atom. The average molecular weight is 292 g/mol. The van der Waals surface area contributed by atoms with Crippen LogP contribution in [0.4, 0.5) is 0 Å². The van der Waals surface area contributed by atoms with Crippen molar-refractivity contribution in [3.8, 4) is 17.2 Å². The molecule has 1 aliphatic rings. The summed E-state index contributed by atoms with van der Waals surface area (Å²) in [6.07, 6.45) is 1.70. The molecule has 13 heavy (non-hydrogen) atoms. The van der Waals surface area contributed by atoms with E-state index in [9.17, 15) is 10.2 Å². The van der Waals surface area contributed by atoms with Crippen LogP contribution in [-0.4, -0.2) is 14.3 Å². The van der Waals surface area contributed by atoms with Crippen molar-refractivity contribution >= 4 is 22.6 Å². The highest BCUT2D eigenvalue weighted by Gasteiger charge is 2.20. The first-order valence-corrected chi connectivity index (χ1v) is 5.27. The maximum atomic E-state index is 9.48. The number of halogens is 1. The average Bonchev–Trinajstić information content (AvgIpc) is 2.02. The number of hydrogen-bond acceptors (Lipinski definition) is 3. The van der Waals surface area contributed by atoms with Gasteiger partial charge in [0.05, 0.1) is 0 Å². The van der Waals surface area contributed by atoms with Gasteiger partial charge in [0.15, 0.2) is 0 Å². The third-order valence-corrected chi connectivity index (χ3v) is 2.92. The van der Waals surface area contributed by atoms with Crippen LogP contribution >= 0.6 is 22.6 Å². The Morgan fingerprint density at radius 3 is 2.92 bits per heavy atom. The third-order valence-electron chi connectivity index (χ3n) is 2.05. The van der Waals surface area contributed by atoms with Crippen LogP contribution in [0.15, 0.2) is 12.1 Å². The van der Waals surface area contributed by atoms with E-state index in [1.807, 2.05) is 0 Å². The summed E-state index contributed by atoms with van der Waals surface area (Å²) >= 11 is 2.19. The van der Waals surface area contributed by atoms with Crippen molar-refractivity contribution < 1.29 is 14.9 Å². The number of aromatic hydroxyl groups is 2. The second-order valence-electron chi connectivity index (χ2n) is 3.01. The molecule has 0 bridgehead atoms. The minimum atomic E-state index is 0.0433. The Bertz CT molecular complexity index is 338. The van der Waals surface area contributed by atoms with E-state index in [0.717, 1.165) is 18.4 Å². The Kier molecular flexibility index (Phi) is 2.23. The number of ether oxygens (including phenoxy) is 1. The first-order chi connectivity index (χ1) is 6.16. The molecular weight excluding hydrogens is 283 g/mol. The molecule has 0 spiro atoms. The molecule has 0 saturated carbocycles. The predicted molar refractivity (Wildman–Crippen MR) is 56.5 cm³/mol. The van der Waals surface area contributed by atoms with Gasteiger partial charge in [-0.05, 0) is 35.4 Å². The number of fused-ring (bicyclic) bond motifs is 1. The maximum Gasteiger partial charge on any atom is 0.149 e. The number of phenols is 2. The highest BCUT2D eigenvalue weighted by atomic mass is 127. The van der Waals surface area contributed by atoms with Gasteiger partial charge in [0.25, 0.3) is 0 Å². The molecule has 1 aromatic rings. The first kappa shape index (κ1) is 8.93. The summed E-state index contributed by atoms with van der Waals surface area (Å²) in [4.78, 5) is 0. The van der Waals surface area contributed by atoms with Gasteiger partial charge in [-0.1, -0.05) is 0 Å². The number of alkyl halides is 1. The molecule has 3 nitrogen and oxygen atoms in total. The summed E-state index contributed by atoms with van der Waals surface area (Å²) in [5.41, 5.74) is 0.797. The number of benzene rings is 1. The lowest BCUT2D eigenvalue weighted by molar-refractivity contribution is 0.264. The normalized spacial score (nSPS) is 20.5. The van der Waals surface area contributed by atoms with Crippen molar-refractivity contribution in [2.75, 3.05) is 0 Å². The maximum absolute atomic E-state index is 9.48. The van der Waals surface area contributed by atoms with Crippen LogP contribution in [0.3, 0.4) is 0 Å². The third kappa shape index (κ3) is 1.67. The van der Waals surface area contributed by atoms with Crippen molar-refractivity contribution in [2.45, 2.75) is 17.0 Å². The molecule has 4 heteroatoms. The van der Waals surface area contributed by atoms with Gasteiger partial charge >= 0.3 is 0 Å². The number of phenolic OH excluding ortho intramolecular Hbond substituents is 2. The lowest BCUT2D eigenvalue weighted by Crippen LogP contribution is -2.15. The summed E-state index contributed by atoms with van der Waals surface area (Å²) in [5, 5.41) is 18.7. The Morgan fingerprint density at radius 2 is 2.15 bits per heavy atom. The largest absolute Gasteiger partial charge is 0.508 e. The monoisotopic (exact) mass is 292 g/mol. The molecule has 70 valence electrons. The molecule has 0 aromatic heterocycles. The zero-order chi connectivity index (χ0) is 9.42. The van der Waals surface area contributed by atoms with E-state index in [1.54, 1.807) is 6.07 Å². The molecule has 1 aliphatic heterocycles. The summed E-state index contributed by atoms with van der Waals surface area (Å²) in [7, 11) is 0. The summed E-state index contributed by atoms with van der Waals surface area (Å²) < 4.78 is 5.59. The van der Waals surface area contributed by atoms with Gasteiger partial charge in [0.2, 0.25) is 0 Å². The van der Waals surface area contributed by atoms with Crippen LogP contribution in [0.1, 0.15) is 12.0 Å². The van der Waals surface area contributed by atoms with E-state index in [-0.39, 0.29) is 15.6 Å². The van der Waals surface area contributed by atoms with Gasteiger partial charge in [-0.3, -0.25) is 0 Å². The molecule has 0 radical (unpaired) electrons. The fourth-order valence-electron chi connectivity index (χ4n) is 1.43. The van der Waals surface area contributed by atoms with E-state index in [4.69, 9.17) is 4.74 Å². The second-order valence-corrected chi connectivity index (χ2v) is 4.40. The molecule has 0 aliphatic carbocycles. The van der Waals surface area contributed by atoms with Crippen LogP contribution in [0.5, 0.6) is 17.2 Å². The van der Waals surface area contributed by atoms with Gasteiger partial charge in [-0.15, -0.1) is 0 Å². The minimum Gasteiger partial charge on any atom is -0.508 e. The van der Waals surface area contributed by atoms with Crippen molar-refractivity contribution in [3.05, 3.63) is 17.7 Å². The quantitative estimate of drug-likeness (QED) is 0.569. The zero-order valence-corrected chi connectivity index (χ0v) is 8.98. The number of hydrogen-bond donors (Lipinski definition) is 2. The van der Waals surface area contributed by atoms with Crippen molar-refractivity contribution in [3.63, 3.8) is 0 Å². The Hall–Kier alpha value is -0.650. The van der Waals surface area contributed by atoms with Crippen LogP contribution < -0.4 is 4.74 Å². The lowest BCUT2D eigenvalue weighted by Gasteiger charge is -2.22. The summed E-state index contributed by atoms with van der Waals surface area (Å²) in [6, 6.07) is 2.88. The molecule has 0 saturated heterocycles. The van der Waals surface area contributed by atoms with Crippen LogP contribution in [-0.2, 0) is 6.42 Å². The van der Waals surface area contributed by atoms with Gasteiger partial charge < -0.3 is 14.9 Å². The molecule has 1 atom stereocenters. The molecule has 0 amide bonds. The van der Waals surface area contributed by atoms with Crippen molar-refractivity contribution in [1.82, 2.24) is 0 Å². The molecule has 0 unspecified atom stereocenters. The standard InChI is InChI=1S/C9H9IO3/c10-9-2-1-6-7(12)3-5(11)4-8(6)13-9/h3-4,9,11-12H,1-2H2/t9-/m1/s1. The summed E-state index contributed by atoms with van der Waals surface area (Å²) in [6.45, 7) is 0. The lowest BCUT2D eigenvalue weighted by atomic mass is 10.1. The molecule has 2 rings (SSSR count). The first-order valence-electron chi connectivity index (χ1n) is 4.02. The molecule has 0 fully saturated rings. The van der Waals surface area contributed by atoms with E-state index >= 15 is 0 Å². The van der Waals surface area contributed by atoms with E-state index in [2.05, 4.69) is 22.6 Å². The molecule has 1 heterocycles. The van der Waals surface area contributed by atoms with Crippen molar-refractivity contribution in [2.24, 2.45) is 0 Å². The second kappa shape index (κ2) is 3.25. The van der Waals surface area contributed by atoms with Gasteiger partial charge in [-0.2, -0.15) is 0 Å². The van der Waals surface area contributed by atoms with E-state index in [1.165, 1.54) is 6.07 Å². The van der Waals surface area contributed by atoms with Crippen molar-refractivity contribution in [1.29, 1.82) is 0 Å². The summed E-state index contributed by atoms with van der Waals surface area (Å²) in [5.74, 6) is 0.767. The molecule has 1 aromatic carbocycles. The highest BCUT2D eigenvalue weighted by Crippen LogP contribution is 2.38. The SMILES string of the molecule is Oc1cc(O)c2c(c1)O[C@@H](I)CC2. The van der Waals surface area contributed by atoms with Crippen LogP contribution in [0.25, 0.3) is 0 Å². The Balaban J connectivity index is 2.47. The fourth-order valence-corrected chi connectivity index (χ4v) is 2.01. The van der Waals surface area contributed by atoms with Crippen LogP contribution in [0, 0.1) is 0 Å². The predicted octanol–water partition coefficient (Wildman–Crippen LogP) is 2.18. The number of rotatable bonds is 0. The van der Waals surface area contributed by atoms with E-state index < -0.39 is 0 Å².